The molecule has 0 bridgehead atoms. The molecule has 0 aliphatic carbocycles. The molecule has 1 saturated heterocycles. The predicted octanol–water partition coefficient (Wildman–Crippen LogP) is 2.95. The average Bonchev–Trinajstić information content (AvgIpc) is 3.14. The van der Waals surface area contributed by atoms with E-state index < -0.39 is 12.3 Å². The highest BCUT2D eigenvalue weighted by molar-refractivity contribution is 5.92. The average molecular weight is 400 g/mol. The van der Waals surface area contributed by atoms with Crippen LogP contribution in [0.3, 0.4) is 0 Å². The first-order valence-electron chi connectivity index (χ1n) is 9.54. The molecule has 1 fully saturated rings. The Balaban J connectivity index is 1.42. The van der Waals surface area contributed by atoms with Crippen LogP contribution in [0.15, 0.2) is 36.8 Å². The summed E-state index contributed by atoms with van der Waals surface area (Å²) < 4.78 is 27.2. The third-order valence-corrected chi connectivity index (χ3v) is 5.23. The molecule has 4 rings (SSSR count). The highest BCUT2D eigenvalue weighted by Gasteiger charge is 2.27. The fraction of sp³-hybridized carbons (Fsp3) is 0.400. The molecule has 3 heterocycles. The Morgan fingerprint density at radius 3 is 2.72 bits per heavy atom. The summed E-state index contributed by atoms with van der Waals surface area (Å²) in [5, 5.41) is 7.76. The van der Waals surface area contributed by atoms with Crippen LogP contribution in [0, 0.1) is 5.92 Å². The molecule has 7 nitrogen and oxygen atoms in total. The number of nitrogens with one attached hydrogen (secondary N) is 1. The molecule has 29 heavy (non-hydrogen) atoms. The second-order valence-electron chi connectivity index (χ2n) is 7.37. The van der Waals surface area contributed by atoms with Crippen LogP contribution in [0.4, 0.5) is 14.7 Å². The van der Waals surface area contributed by atoms with Gasteiger partial charge in [0.1, 0.15) is 0 Å². The summed E-state index contributed by atoms with van der Waals surface area (Å²) >= 11 is 0. The number of amides is 1. The van der Waals surface area contributed by atoms with Crippen molar-refractivity contribution in [3.05, 3.63) is 36.8 Å². The molecule has 1 aliphatic rings. The summed E-state index contributed by atoms with van der Waals surface area (Å²) in [6, 6.07) is 5.83. The zero-order chi connectivity index (χ0) is 20.4. The number of alkyl halides is 2. The number of aryl methyl sites for hydroxylation is 1. The highest BCUT2D eigenvalue weighted by Crippen LogP contribution is 2.24. The number of carbonyl (C=O) groups excluding carboxylic acids is 1. The van der Waals surface area contributed by atoms with Crippen molar-refractivity contribution in [1.82, 2.24) is 24.6 Å². The van der Waals surface area contributed by atoms with E-state index >= 15 is 0 Å². The van der Waals surface area contributed by atoms with Gasteiger partial charge in [-0.3, -0.25) is 19.7 Å². The van der Waals surface area contributed by atoms with Gasteiger partial charge in [0.25, 0.3) is 0 Å². The largest absolute Gasteiger partial charge is 0.294 e. The smallest absolute Gasteiger partial charge is 0.241 e. The molecular weight excluding hydrogens is 378 g/mol. The van der Waals surface area contributed by atoms with Gasteiger partial charge >= 0.3 is 0 Å². The number of aromatic nitrogens is 4. The van der Waals surface area contributed by atoms with Gasteiger partial charge in [-0.25, -0.2) is 18.7 Å². The van der Waals surface area contributed by atoms with Crippen molar-refractivity contribution in [2.75, 3.05) is 25.0 Å². The maximum atomic E-state index is 12.7. The van der Waals surface area contributed by atoms with Gasteiger partial charge < -0.3 is 0 Å². The Bertz CT molecular complexity index is 1010. The molecule has 1 aliphatic heterocycles. The van der Waals surface area contributed by atoms with Crippen molar-refractivity contribution >= 4 is 22.8 Å². The third-order valence-electron chi connectivity index (χ3n) is 5.23. The van der Waals surface area contributed by atoms with E-state index in [9.17, 15) is 13.6 Å². The summed E-state index contributed by atoms with van der Waals surface area (Å²) in [5.41, 5.74) is 2.67. The van der Waals surface area contributed by atoms with Crippen molar-refractivity contribution < 1.29 is 13.6 Å². The summed E-state index contributed by atoms with van der Waals surface area (Å²) in [4.78, 5) is 22.9. The molecule has 1 aromatic carbocycles. The van der Waals surface area contributed by atoms with Crippen molar-refractivity contribution in [3.63, 3.8) is 0 Å². The first-order chi connectivity index (χ1) is 14.0. The second-order valence-corrected chi connectivity index (χ2v) is 7.37. The first-order valence-corrected chi connectivity index (χ1v) is 9.54. The number of benzene rings is 1. The lowest BCUT2D eigenvalue weighted by atomic mass is 9.97. The number of likely N-dealkylation sites (tertiary alicyclic amines) is 1. The number of hydrogen-bond donors (Lipinski definition) is 1. The molecule has 0 atom stereocenters. The Labute approximate surface area is 166 Å². The van der Waals surface area contributed by atoms with E-state index in [1.807, 2.05) is 36.3 Å². The van der Waals surface area contributed by atoms with Crippen LogP contribution in [-0.4, -0.2) is 56.6 Å². The highest BCUT2D eigenvalue weighted by atomic mass is 19.3. The van der Waals surface area contributed by atoms with E-state index in [1.54, 1.807) is 17.1 Å². The topological polar surface area (TPSA) is 75.9 Å². The van der Waals surface area contributed by atoms with E-state index in [0.29, 0.717) is 25.9 Å². The molecule has 1 N–H and O–H groups in total. The van der Waals surface area contributed by atoms with E-state index in [-0.39, 0.29) is 18.4 Å². The molecular formula is C20H22F2N6O. The van der Waals surface area contributed by atoms with E-state index in [2.05, 4.69) is 20.4 Å². The SMILES string of the molecule is Cn1cc(-c2ccc3cnc(NC(=O)CN4CCC(C(F)F)CC4)nc3c2)cn1. The third kappa shape index (κ3) is 4.56. The lowest BCUT2D eigenvalue weighted by Crippen LogP contribution is -2.40. The van der Waals surface area contributed by atoms with Gasteiger partial charge in [-0.15, -0.1) is 0 Å². The van der Waals surface area contributed by atoms with Gasteiger partial charge in [0.2, 0.25) is 18.3 Å². The van der Waals surface area contributed by atoms with Crippen LogP contribution in [0.25, 0.3) is 22.0 Å². The Morgan fingerprint density at radius 1 is 1.24 bits per heavy atom. The molecule has 1 amide bonds. The fourth-order valence-corrected chi connectivity index (χ4v) is 3.56. The number of nitrogens with zero attached hydrogens (tertiary/aromatic N) is 5. The summed E-state index contributed by atoms with van der Waals surface area (Å²) in [6.07, 6.45) is 3.90. The van der Waals surface area contributed by atoms with Crippen molar-refractivity contribution in [1.29, 1.82) is 0 Å². The van der Waals surface area contributed by atoms with Crippen LogP contribution < -0.4 is 5.32 Å². The van der Waals surface area contributed by atoms with Gasteiger partial charge in [0.15, 0.2) is 0 Å². The quantitative estimate of drug-likeness (QED) is 0.713. The van der Waals surface area contributed by atoms with Crippen LogP contribution in [-0.2, 0) is 11.8 Å². The first kappa shape index (κ1) is 19.4. The molecule has 152 valence electrons. The van der Waals surface area contributed by atoms with Crippen LogP contribution in [0.1, 0.15) is 12.8 Å². The molecule has 0 spiro atoms. The summed E-state index contributed by atoms with van der Waals surface area (Å²) in [6.45, 7) is 1.14. The fourth-order valence-electron chi connectivity index (χ4n) is 3.56. The number of halogens is 2. The number of hydrogen-bond acceptors (Lipinski definition) is 5. The number of fused-ring (bicyclic) bond motifs is 1. The minimum atomic E-state index is -2.28. The number of anilines is 1. The zero-order valence-electron chi connectivity index (χ0n) is 16.1. The molecule has 0 saturated carbocycles. The van der Waals surface area contributed by atoms with E-state index in [1.165, 1.54) is 0 Å². The van der Waals surface area contributed by atoms with Gasteiger partial charge in [-0.1, -0.05) is 12.1 Å². The molecule has 3 aromatic rings. The normalized spacial score (nSPS) is 15.9. The van der Waals surface area contributed by atoms with Gasteiger partial charge in [-0.05, 0) is 37.6 Å². The predicted molar refractivity (Wildman–Crippen MR) is 106 cm³/mol. The Kier molecular flexibility index (Phi) is 5.48. The zero-order valence-corrected chi connectivity index (χ0v) is 16.1. The van der Waals surface area contributed by atoms with Gasteiger partial charge in [0, 0.05) is 36.3 Å². The van der Waals surface area contributed by atoms with E-state index in [0.717, 1.165) is 22.0 Å². The van der Waals surface area contributed by atoms with E-state index in [4.69, 9.17) is 0 Å². The minimum Gasteiger partial charge on any atom is -0.294 e. The van der Waals surface area contributed by atoms with Gasteiger partial charge in [0.05, 0.1) is 18.3 Å². The van der Waals surface area contributed by atoms with Crippen molar-refractivity contribution in [3.8, 4) is 11.1 Å². The minimum absolute atomic E-state index is 0.146. The second kappa shape index (κ2) is 8.20. The number of piperidine rings is 1. The maximum absolute atomic E-state index is 12.7. The van der Waals surface area contributed by atoms with Crippen molar-refractivity contribution in [2.24, 2.45) is 13.0 Å². The summed E-state index contributed by atoms with van der Waals surface area (Å²) in [7, 11) is 1.86. The van der Waals surface area contributed by atoms with Crippen molar-refractivity contribution in [2.45, 2.75) is 19.3 Å². The monoisotopic (exact) mass is 400 g/mol. The Morgan fingerprint density at radius 2 is 2.03 bits per heavy atom. The maximum Gasteiger partial charge on any atom is 0.241 e. The lowest BCUT2D eigenvalue weighted by Gasteiger charge is -2.30. The van der Waals surface area contributed by atoms with Crippen LogP contribution in [0.5, 0.6) is 0 Å². The van der Waals surface area contributed by atoms with Gasteiger partial charge in [-0.2, -0.15) is 5.10 Å². The molecule has 9 heteroatoms. The lowest BCUT2D eigenvalue weighted by molar-refractivity contribution is -0.117. The standard InChI is InChI=1S/C20H22F2N6O/c1-27-11-16(10-24-27)14-2-3-15-9-23-20(25-17(15)8-14)26-18(29)12-28-6-4-13(5-7-28)19(21)22/h2-3,8-11,13,19H,4-7,12H2,1H3,(H,23,25,26,29). The number of carbonyl (C=O) groups is 1. The summed E-state index contributed by atoms with van der Waals surface area (Å²) in [5.74, 6) is -0.580. The molecule has 0 unspecified atom stereocenters. The molecule has 2 aromatic heterocycles. The van der Waals surface area contributed by atoms with Crippen LogP contribution in [0.2, 0.25) is 0 Å². The Hall–Kier alpha value is -2.94. The number of rotatable bonds is 5. The van der Waals surface area contributed by atoms with Crippen LogP contribution >= 0.6 is 0 Å². The molecule has 0 radical (unpaired) electrons.